The molecule has 30 heavy (non-hydrogen) atoms. The Labute approximate surface area is 181 Å². The van der Waals surface area contributed by atoms with Gasteiger partial charge >= 0.3 is 5.97 Å². The third kappa shape index (κ3) is 3.98. The van der Waals surface area contributed by atoms with E-state index in [0.29, 0.717) is 26.9 Å². The molecular weight excluding hydrogens is 424 g/mol. The van der Waals surface area contributed by atoms with Gasteiger partial charge in [0.1, 0.15) is 16.2 Å². The molecule has 0 saturated carbocycles. The number of esters is 1. The summed E-state index contributed by atoms with van der Waals surface area (Å²) in [5.74, 6) is -1.18. The number of rotatable bonds is 4. The Kier molecular flexibility index (Phi) is 5.39. The summed E-state index contributed by atoms with van der Waals surface area (Å²) in [5.41, 5.74) is 4.38. The second kappa shape index (κ2) is 8.14. The standard InChI is InChI=1S/C22H15ClN2O4S/c1-13-7-8-15(12-18(13)23)25-21(27)17(20(26)24-25)11-14-4-2-5-16(10-14)29-22(28)19-6-3-9-30-19/h2-12H,1H3,(H,24,26). The van der Waals surface area contributed by atoms with Crippen LogP contribution >= 0.6 is 22.9 Å². The first-order valence-electron chi connectivity index (χ1n) is 8.91. The van der Waals surface area contributed by atoms with Crippen LogP contribution in [-0.4, -0.2) is 17.8 Å². The van der Waals surface area contributed by atoms with E-state index in [9.17, 15) is 14.4 Å². The van der Waals surface area contributed by atoms with E-state index in [0.717, 1.165) is 10.6 Å². The van der Waals surface area contributed by atoms with E-state index in [1.807, 2.05) is 6.92 Å². The number of nitrogens with zero attached hydrogens (tertiary/aromatic N) is 1. The van der Waals surface area contributed by atoms with Crippen molar-refractivity contribution < 1.29 is 19.1 Å². The van der Waals surface area contributed by atoms with Crippen molar-refractivity contribution >= 4 is 52.5 Å². The van der Waals surface area contributed by atoms with Gasteiger partial charge < -0.3 is 4.74 Å². The Bertz CT molecular complexity index is 1190. The fourth-order valence-corrected chi connectivity index (χ4v) is 3.62. The van der Waals surface area contributed by atoms with Crippen molar-refractivity contribution in [3.8, 4) is 5.75 Å². The lowest BCUT2D eigenvalue weighted by molar-refractivity contribution is -0.117. The lowest BCUT2D eigenvalue weighted by atomic mass is 10.1. The van der Waals surface area contributed by atoms with Gasteiger partial charge in [0.25, 0.3) is 11.8 Å². The Morgan fingerprint density at radius 3 is 2.70 bits per heavy atom. The minimum Gasteiger partial charge on any atom is -0.422 e. The number of amides is 2. The number of anilines is 1. The summed E-state index contributed by atoms with van der Waals surface area (Å²) in [6, 6.07) is 15.1. The van der Waals surface area contributed by atoms with Gasteiger partial charge in [-0.3, -0.25) is 15.0 Å². The molecule has 1 aliphatic heterocycles. The Morgan fingerprint density at radius 2 is 1.97 bits per heavy atom. The zero-order valence-electron chi connectivity index (χ0n) is 15.7. The van der Waals surface area contributed by atoms with Crippen LogP contribution in [0.25, 0.3) is 6.08 Å². The lowest BCUT2D eigenvalue weighted by Crippen LogP contribution is -2.35. The van der Waals surface area contributed by atoms with Crippen LogP contribution in [0.3, 0.4) is 0 Å². The van der Waals surface area contributed by atoms with Crippen LogP contribution in [0.15, 0.2) is 65.6 Å². The highest BCUT2D eigenvalue weighted by Crippen LogP contribution is 2.27. The molecular formula is C22H15ClN2O4S. The van der Waals surface area contributed by atoms with Crippen molar-refractivity contribution in [2.45, 2.75) is 6.92 Å². The number of thiophene rings is 1. The van der Waals surface area contributed by atoms with E-state index in [1.165, 1.54) is 17.4 Å². The molecule has 150 valence electrons. The monoisotopic (exact) mass is 438 g/mol. The van der Waals surface area contributed by atoms with E-state index >= 15 is 0 Å². The third-order valence-electron chi connectivity index (χ3n) is 4.41. The van der Waals surface area contributed by atoms with Crippen LogP contribution in [0.5, 0.6) is 5.75 Å². The van der Waals surface area contributed by atoms with Gasteiger partial charge in [-0.15, -0.1) is 11.3 Å². The van der Waals surface area contributed by atoms with Gasteiger partial charge in [0.2, 0.25) is 0 Å². The van der Waals surface area contributed by atoms with Crippen LogP contribution in [-0.2, 0) is 9.59 Å². The van der Waals surface area contributed by atoms with Gasteiger partial charge in [-0.2, -0.15) is 0 Å². The van der Waals surface area contributed by atoms with Crippen molar-refractivity contribution in [2.24, 2.45) is 0 Å². The third-order valence-corrected chi connectivity index (χ3v) is 5.66. The van der Waals surface area contributed by atoms with Gasteiger partial charge in [0, 0.05) is 5.02 Å². The maximum Gasteiger partial charge on any atom is 0.353 e. The van der Waals surface area contributed by atoms with Crippen LogP contribution in [0, 0.1) is 6.92 Å². The molecule has 2 aromatic carbocycles. The van der Waals surface area contributed by atoms with E-state index in [-0.39, 0.29) is 5.57 Å². The highest BCUT2D eigenvalue weighted by atomic mass is 35.5. The topological polar surface area (TPSA) is 75.7 Å². The molecule has 1 fully saturated rings. The number of benzene rings is 2. The molecule has 6 nitrogen and oxygen atoms in total. The zero-order chi connectivity index (χ0) is 21.3. The molecule has 0 unspecified atom stereocenters. The summed E-state index contributed by atoms with van der Waals surface area (Å²) in [5, 5.41) is 3.43. The van der Waals surface area contributed by atoms with Gasteiger partial charge in [0.05, 0.1) is 5.69 Å². The number of ether oxygens (including phenoxy) is 1. The number of hydrogen-bond donors (Lipinski definition) is 1. The SMILES string of the molecule is Cc1ccc(N2NC(=O)C(=Cc3cccc(OC(=O)c4cccs4)c3)C2=O)cc1Cl. The molecule has 1 N–H and O–H groups in total. The quantitative estimate of drug-likeness (QED) is 0.284. The fraction of sp³-hybridized carbons (Fsp3) is 0.0455. The van der Waals surface area contributed by atoms with Crippen molar-refractivity contribution in [3.63, 3.8) is 0 Å². The number of nitrogens with one attached hydrogen (secondary N) is 1. The van der Waals surface area contributed by atoms with Crippen molar-refractivity contribution in [2.75, 3.05) is 5.01 Å². The number of carbonyl (C=O) groups is 3. The molecule has 4 rings (SSSR count). The summed E-state index contributed by atoms with van der Waals surface area (Å²) in [4.78, 5) is 37.8. The van der Waals surface area contributed by atoms with Crippen LogP contribution in [0.2, 0.25) is 5.02 Å². The van der Waals surface area contributed by atoms with Crippen LogP contribution in [0.4, 0.5) is 5.69 Å². The number of hydrazine groups is 1. The molecule has 0 bridgehead atoms. The molecule has 1 aromatic heterocycles. The molecule has 0 atom stereocenters. The molecule has 2 amide bonds. The van der Waals surface area contributed by atoms with E-state index < -0.39 is 17.8 Å². The fourth-order valence-electron chi connectivity index (χ4n) is 2.85. The lowest BCUT2D eigenvalue weighted by Gasteiger charge is -2.15. The molecule has 1 aliphatic rings. The number of hydrogen-bond acceptors (Lipinski definition) is 5. The highest BCUT2D eigenvalue weighted by molar-refractivity contribution is 7.12. The maximum atomic E-state index is 12.8. The molecule has 3 aromatic rings. The number of aryl methyl sites for hydroxylation is 1. The highest BCUT2D eigenvalue weighted by Gasteiger charge is 2.34. The Hall–Kier alpha value is -3.42. The first-order valence-corrected chi connectivity index (χ1v) is 10.2. The second-order valence-electron chi connectivity index (χ2n) is 6.51. The first kappa shape index (κ1) is 19.9. The number of carbonyl (C=O) groups excluding carboxylic acids is 3. The predicted octanol–water partition coefficient (Wildman–Crippen LogP) is 4.39. The van der Waals surface area contributed by atoms with Crippen LogP contribution in [0.1, 0.15) is 20.8 Å². The van der Waals surface area contributed by atoms with Crippen LogP contribution < -0.4 is 15.2 Å². The molecule has 0 spiro atoms. The average molecular weight is 439 g/mol. The molecule has 0 radical (unpaired) electrons. The van der Waals surface area contributed by atoms with Gasteiger partial charge in [0.15, 0.2) is 0 Å². The number of halogens is 1. The zero-order valence-corrected chi connectivity index (χ0v) is 17.3. The minimum absolute atomic E-state index is 0.0339. The van der Waals surface area contributed by atoms with E-state index in [2.05, 4.69) is 5.43 Å². The summed E-state index contributed by atoms with van der Waals surface area (Å²) in [6.07, 6.45) is 1.45. The van der Waals surface area contributed by atoms with E-state index in [1.54, 1.807) is 60.0 Å². The normalized spacial score (nSPS) is 14.9. The summed E-state index contributed by atoms with van der Waals surface area (Å²) < 4.78 is 5.36. The smallest absolute Gasteiger partial charge is 0.353 e. The van der Waals surface area contributed by atoms with Gasteiger partial charge in [-0.1, -0.05) is 35.9 Å². The predicted molar refractivity (Wildman–Crippen MR) is 116 cm³/mol. The molecule has 1 saturated heterocycles. The summed E-state index contributed by atoms with van der Waals surface area (Å²) in [6.45, 7) is 1.85. The molecule has 8 heteroatoms. The minimum atomic E-state index is -0.530. The summed E-state index contributed by atoms with van der Waals surface area (Å²) in [7, 11) is 0. The molecule has 2 heterocycles. The van der Waals surface area contributed by atoms with Gasteiger partial charge in [-0.05, 0) is 59.8 Å². The Morgan fingerprint density at radius 1 is 1.13 bits per heavy atom. The van der Waals surface area contributed by atoms with E-state index in [4.69, 9.17) is 16.3 Å². The largest absolute Gasteiger partial charge is 0.422 e. The maximum absolute atomic E-state index is 12.8. The first-order chi connectivity index (χ1) is 14.4. The Balaban J connectivity index is 1.57. The second-order valence-corrected chi connectivity index (χ2v) is 7.87. The average Bonchev–Trinajstić information content (AvgIpc) is 3.35. The molecule has 0 aliphatic carbocycles. The van der Waals surface area contributed by atoms with Gasteiger partial charge in [-0.25, -0.2) is 9.80 Å². The van der Waals surface area contributed by atoms with Crippen molar-refractivity contribution in [1.82, 2.24) is 5.43 Å². The summed E-state index contributed by atoms with van der Waals surface area (Å²) >= 11 is 7.41. The van der Waals surface area contributed by atoms with Crippen molar-refractivity contribution in [3.05, 3.63) is 86.6 Å². The van der Waals surface area contributed by atoms with Crippen molar-refractivity contribution in [1.29, 1.82) is 0 Å².